The van der Waals surface area contributed by atoms with Crippen molar-refractivity contribution in [1.29, 1.82) is 0 Å². The predicted octanol–water partition coefficient (Wildman–Crippen LogP) is 6.21. The standard InChI is InChI=1S/C22H16ClN3/c23-18-11-7-10-17(14-18)20-15-24-22(25-19-12-5-2-6-13-19)26-21(20)16-8-3-1-4-9-16/h1-15H,(H,24,25,26). The molecule has 0 unspecified atom stereocenters. The van der Waals surface area contributed by atoms with E-state index in [1.165, 1.54) is 0 Å². The van der Waals surface area contributed by atoms with Gasteiger partial charge in [-0.2, -0.15) is 0 Å². The lowest BCUT2D eigenvalue weighted by molar-refractivity contribution is 1.17. The highest BCUT2D eigenvalue weighted by Gasteiger charge is 2.12. The SMILES string of the molecule is Clc1cccc(-c2cnc(Nc3ccccc3)nc2-c2ccccc2)c1. The minimum absolute atomic E-state index is 0.556. The van der Waals surface area contributed by atoms with E-state index in [0.717, 1.165) is 28.1 Å². The van der Waals surface area contributed by atoms with Gasteiger partial charge in [0, 0.05) is 28.0 Å². The Hall–Kier alpha value is -3.17. The molecule has 126 valence electrons. The summed E-state index contributed by atoms with van der Waals surface area (Å²) in [5.41, 5.74) is 4.77. The Morgan fingerprint density at radius 2 is 1.42 bits per heavy atom. The zero-order chi connectivity index (χ0) is 17.8. The van der Waals surface area contributed by atoms with Gasteiger partial charge in [0.1, 0.15) is 0 Å². The van der Waals surface area contributed by atoms with Crippen LogP contribution in [0.25, 0.3) is 22.4 Å². The van der Waals surface area contributed by atoms with E-state index in [2.05, 4.69) is 10.3 Å². The number of hydrogen-bond donors (Lipinski definition) is 1. The first kappa shape index (κ1) is 16.3. The van der Waals surface area contributed by atoms with Gasteiger partial charge in [-0.1, -0.05) is 72.3 Å². The number of rotatable bonds is 4. The van der Waals surface area contributed by atoms with E-state index in [1.807, 2.05) is 91.1 Å². The summed E-state index contributed by atoms with van der Waals surface area (Å²) in [4.78, 5) is 9.28. The van der Waals surface area contributed by atoms with Gasteiger partial charge in [-0.15, -0.1) is 0 Å². The molecule has 1 aromatic heterocycles. The molecule has 3 nitrogen and oxygen atoms in total. The molecule has 0 amide bonds. The molecule has 1 N–H and O–H groups in total. The summed E-state index contributed by atoms with van der Waals surface area (Å²) in [6.45, 7) is 0. The van der Waals surface area contributed by atoms with Crippen molar-refractivity contribution >= 4 is 23.2 Å². The topological polar surface area (TPSA) is 37.8 Å². The number of hydrogen-bond acceptors (Lipinski definition) is 3. The van der Waals surface area contributed by atoms with Gasteiger partial charge >= 0.3 is 0 Å². The lowest BCUT2D eigenvalue weighted by atomic mass is 10.0. The van der Waals surface area contributed by atoms with Crippen molar-refractivity contribution in [1.82, 2.24) is 9.97 Å². The molecule has 0 radical (unpaired) electrons. The second-order valence-electron chi connectivity index (χ2n) is 5.82. The largest absolute Gasteiger partial charge is 0.324 e. The minimum atomic E-state index is 0.556. The van der Waals surface area contributed by atoms with Crippen LogP contribution in [-0.4, -0.2) is 9.97 Å². The van der Waals surface area contributed by atoms with Crippen molar-refractivity contribution in [2.75, 3.05) is 5.32 Å². The Morgan fingerprint density at radius 3 is 2.15 bits per heavy atom. The molecule has 0 bridgehead atoms. The average Bonchev–Trinajstić information content (AvgIpc) is 2.69. The highest BCUT2D eigenvalue weighted by molar-refractivity contribution is 6.30. The van der Waals surface area contributed by atoms with Crippen molar-refractivity contribution < 1.29 is 0 Å². The van der Waals surface area contributed by atoms with Crippen LogP contribution in [0.2, 0.25) is 5.02 Å². The molecule has 0 saturated carbocycles. The Balaban J connectivity index is 1.81. The van der Waals surface area contributed by atoms with Crippen LogP contribution >= 0.6 is 11.6 Å². The Kier molecular flexibility index (Phi) is 4.63. The molecular formula is C22H16ClN3. The summed E-state index contributed by atoms with van der Waals surface area (Å²) in [5, 5.41) is 3.94. The third-order valence-corrected chi connectivity index (χ3v) is 4.24. The number of aromatic nitrogens is 2. The van der Waals surface area contributed by atoms with E-state index in [-0.39, 0.29) is 0 Å². The molecule has 4 aromatic rings. The molecule has 4 rings (SSSR count). The Morgan fingerprint density at radius 1 is 0.731 bits per heavy atom. The van der Waals surface area contributed by atoms with Gasteiger partial charge in [-0.3, -0.25) is 0 Å². The van der Waals surface area contributed by atoms with E-state index < -0.39 is 0 Å². The molecule has 0 fully saturated rings. The summed E-state index contributed by atoms with van der Waals surface area (Å²) >= 11 is 6.18. The van der Waals surface area contributed by atoms with E-state index >= 15 is 0 Å². The molecule has 0 aliphatic rings. The fourth-order valence-electron chi connectivity index (χ4n) is 2.78. The van der Waals surface area contributed by atoms with Gasteiger partial charge in [-0.25, -0.2) is 9.97 Å². The van der Waals surface area contributed by atoms with Crippen LogP contribution in [0.4, 0.5) is 11.6 Å². The maximum atomic E-state index is 6.18. The summed E-state index contributed by atoms with van der Waals surface area (Å²) in [5.74, 6) is 0.556. The summed E-state index contributed by atoms with van der Waals surface area (Å²) in [6.07, 6.45) is 1.84. The van der Waals surface area contributed by atoms with Gasteiger partial charge in [0.25, 0.3) is 0 Å². The van der Waals surface area contributed by atoms with Crippen LogP contribution in [0.15, 0.2) is 91.1 Å². The second-order valence-corrected chi connectivity index (χ2v) is 6.26. The van der Waals surface area contributed by atoms with Crippen molar-refractivity contribution in [3.05, 3.63) is 96.1 Å². The molecule has 3 aromatic carbocycles. The summed E-state index contributed by atoms with van der Waals surface area (Å²) in [7, 11) is 0. The monoisotopic (exact) mass is 357 g/mol. The van der Waals surface area contributed by atoms with Crippen molar-refractivity contribution in [3.63, 3.8) is 0 Å². The predicted molar refractivity (Wildman–Crippen MR) is 108 cm³/mol. The second kappa shape index (κ2) is 7.38. The number of nitrogens with one attached hydrogen (secondary N) is 1. The van der Waals surface area contributed by atoms with E-state index in [4.69, 9.17) is 16.6 Å². The third kappa shape index (κ3) is 3.58. The first-order valence-corrected chi connectivity index (χ1v) is 8.68. The molecule has 4 heteroatoms. The molecule has 0 aliphatic carbocycles. The third-order valence-electron chi connectivity index (χ3n) is 4.00. The molecule has 1 heterocycles. The number of halogens is 1. The summed E-state index contributed by atoms with van der Waals surface area (Å²) < 4.78 is 0. The van der Waals surface area contributed by atoms with Crippen LogP contribution in [0.5, 0.6) is 0 Å². The number of nitrogens with zero attached hydrogens (tertiary/aromatic N) is 2. The number of benzene rings is 3. The van der Waals surface area contributed by atoms with Gasteiger partial charge < -0.3 is 5.32 Å². The molecule has 0 aliphatic heterocycles. The number of anilines is 2. The van der Waals surface area contributed by atoms with E-state index in [9.17, 15) is 0 Å². The zero-order valence-electron chi connectivity index (χ0n) is 13.9. The smallest absolute Gasteiger partial charge is 0.227 e. The Bertz CT molecular complexity index is 1020. The summed E-state index contributed by atoms with van der Waals surface area (Å²) in [6, 6.07) is 27.7. The fourth-order valence-corrected chi connectivity index (χ4v) is 2.97. The molecule has 0 atom stereocenters. The van der Waals surface area contributed by atoms with Crippen molar-refractivity contribution in [2.24, 2.45) is 0 Å². The quantitative estimate of drug-likeness (QED) is 0.472. The molecule has 0 saturated heterocycles. The fraction of sp³-hybridized carbons (Fsp3) is 0. The van der Waals surface area contributed by atoms with E-state index in [0.29, 0.717) is 11.0 Å². The highest BCUT2D eigenvalue weighted by atomic mass is 35.5. The first-order valence-electron chi connectivity index (χ1n) is 8.30. The first-order chi connectivity index (χ1) is 12.8. The van der Waals surface area contributed by atoms with Crippen LogP contribution in [0.1, 0.15) is 0 Å². The maximum absolute atomic E-state index is 6.18. The van der Waals surface area contributed by atoms with Gasteiger partial charge in [-0.05, 0) is 29.8 Å². The maximum Gasteiger partial charge on any atom is 0.227 e. The zero-order valence-corrected chi connectivity index (χ0v) is 14.7. The lowest BCUT2D eigenvalue weighted by Gasteiger charge is -2.12. The minimum Gasteiger partial charge on any atom is -0.324 e. The van der Waals surface area contributed by atoms with Gasteiger partial charge in [0.05, 0.1) is 5.69 Å². The van der Waals surface area contributed by atoms with Gasteiger partial charge in [0.2, 0.25) is 5.95 Å². The number of para-hydroxylation sites is 1. The van der Waals surface area contributed by atoms with Crippen molar-refractivity contribution in [3.8, 4) is 22.4 Å². The van der Waals surface area contributed by atoms with Crippen LogP contribution in [0, 0.1) is 0 Å². The van der Waals surface area contributed by atoms with Crippen molar-refractivity contribution in [2.45, 2.75) is 0 Å². The van der Waals surface area contributed by atoms with E-state index in [1.54, 1.807) is 0 Å². The highest BCUT2D eigenvalue weighted by Crippen LogP contribution is 2.32. The molecular weight excluding hydrogens is 342 g/mol. The Labute approximate surface area is 157 Å². The van der Waals surface area contributed by atoms with Crippen LogP contribution in [-0.2, 0) is 0 Å². The molecule has 26 heavy (non-hydrogen) atoms. The lowest BCUT2D eigenvalue weighted by Crippen LogP contribution is -2.00. The van der Waals surface area contributed by atoms with Crippen LogP contribution < -0.4 is 5.32 Å². The average molecular weight is 358 g/mol. The molecule has 0 spiro atoms. The van der Waals surface area contributed by atoms with Crippen LogP contribution in [0.3, 0.4) is 0 Å². The van der Waals surface area contributed by atoms with Gasteiger partial charge in [0.15, 0.2) is 0 Å². The normalized spacial score (nSPS) is 10.5.